The van der Waals surface area contributed by atoms with Crippen LogP contribution in [0.5, 0.6) is 11.5 Å². The third-order valence-electron chi connectivity index (χ3n) is 6.79. The number of nitro groups is 1. The third kappa shape index (κ3) is 4.90. The van der Waals surface area contributed by atoms with Gasteiger partial charge in [0.1, 0.15) is 29.1 Å². The molecule has 1 aliphatic rings. The van der Waals surface area contributed by atoms with Crippen LogP contribution in [0.15, 0.2) is 114 Å². The van der Waals surface area contributed by atoms with Gasteiger partial charge in [0.05, 0.1) is 16.7 Å². The lowest BCUT2D eigenvalue weighted by Gasteiger charge is -2.26. The van der Waals surface area contributed by atoms with Crippen LogP contribution in [0.25, 0.3) is 11.3 Å². The molecule has 2 aromatic heterocycles. The number of hydrogen-bond donors (Lipinski definition) is 1. The zero-order valence-corrected chi connectivity index (χ0v) is 22.2. The number of nitrogens with one attached hydrogen (secondary N) is 1. The number of thiocarbonyl (C=S) groups is 1. The minimum Gasteiger partial charge on any atom is -0.459 e. The van der Waals surface area contributed by atoms with Gasteiger partial charge < -0.3 is 19.4 Å². The number of benzene rings is 3. The smallest absolute Gasteiger partial charge is 0.270 e. The van der Waals surface area contributed by atoms with Crippen LogP contribution in [0.3, 0.4) is 0 Å². The van der Waals surface area contributed by atoms with Crippen molar-refractivity contribution in [2.75, 3.05) is 4.90 Å². The van der Waals surface area contributed by atoms with Crippen LogP contribution in [0.1, 0.15) is 29.1 Å². The lowest BCUT2D eigenvalue weighted by Crippen LogP contribution is -2.29. The average Bonchev–Trinajstić information content (AvgIpc) is 3.60. The van der Waals surface area contributed by atoms with Crippen molar-refractivity contribution in [2.24, 2.45) is 0 Å². The number of furan rings is 1. The fourth-order valence-corrected chi connectivity index (χ4v) is 5.18. The molecule has 1 saturated heterocycles. The second kappa shape index (κ2) is 10.6. The Bertz CT molecular complexity index is 1690. The van der Waals surface area contributed by atoms with Gasteiger partial charge in [-0.25, -0.2) is 0 Å². The number of hydrogen-bond acceptors (Lipinski definition) is 6. The summed E-state index contributed by atoms with van der Waals surface area (Å²) in [4.78, 5) is 17.5. The van der Waals surface area contributed by atoms with Crippen LogP contribution >= 0.6 is 12.2 Å². The van der Waals surface area contributed by atoms with E-state index in [0.29, 0.717) is 27.9 Å². The lowest BCUT2D eigenvalue weighted by molar-refractivity contribution is -0.384. The van der Waals surface area contributed by atoms with Gasteiger partial charge in [-0.1, -0.05) is 36.4 Å². The topological polar surface area (TPSA) is 93.7 Å². The van der Waals surface area contributed by atoms with Gasteiger partial charge in [-0.15, -0.1) is 0 Å². The first kappa shape index (κ1) is 25.3. The van der Waals surface area contributed by atoms with Gasteiger partial charge in [-0.2, -0.15) is 0 Å². The molecule has 0 radical (unpaired) electrons. The summed E-state index contributed by atoms with van der Waals surface area (Å²) in [6, 6.07) is 30.8. The molecule has 3 heterocycles. The molecule has 9 heteroatoms. The quantitative estimate of drug-likeness (QED) is 0.127. The largest absolute Gasteiger partial charge is 0.459 e. The van der Waals surface area contributed by atoms with Crippen LogP contribution in [0.4, 0.5) is 11.4 Å². The van der Waals surface area contributed by atoms with Gasteiger partial charge in [-0.05, 0) is 79.3 Å². The summed E-state index contributed by atoms with van der Waals surface area (Å²) in [7, 11) is 0. The molecule has 2 atom stereocenters. The number of aryl methyl sites for hydroxylation is 1. The van der Waals surface area contributed by atoms with E-state index in [4.69, 9.17) is 21.4 Å². The van der Waals surface area contributed by atoms with Crippen LogP contribution in [-0.4, -0.2) is 15.0 Å². The highest BCUT2D eigenvalue weighted by molar-refractivity contribution is 7.80. The molecule has 8 nitrogen and oxygen atoms in total. The Balaban J connectivity index is 1.36. The molecule has 1 aliphatic heterocycles. The Hall–Kier alpha value is -5.02. The number of ether oxygens (including phenoxy) is 1. The first-order valence-corrected chi connectivity index (χ1v) is 13.1. The molecule has 2 unspecified atom stereocenters. The van der Waals surface area contributed by atoms with E-state index in [1.165, 1.54) is 12.1 Å². The molecule has 0 saturated carbocycles. The molecule has 6 rings (SSSR count). The van der Waals surface area contributed by atoms with Crippen LogP contribution in [-0.2, 0) is 0 Å². The second-order valence-electron chi connectivity index (χ2n) is 9.37. The lowest BCUT2D eigenvalue weighted by atomic mass is 10.0. The average molecular weight is 549 g/mol. The van der Waals surface area contributed by atoms with E-state index < -0.39 is 4.92 Å². The van der Waals surface area contributed by atoms with Gasteiger partial charge in [0.25, 0.3) is 5.69 Å². The summed E-state index contributed by atoms with van der Waals surface area (Å²) in [6.45, 7) is 2.01. The molecular weight excluding hydrogens is 524 g/mol. The SMILES string of the molecule is Cc1ccccc1Oc1ccc(N2C(=S)NC(c3ccccn3)C2c2ccc(-c3cccc([N+](=O)[O-])c3)o2)cc1. The fraction of sp³-hybridized carbons (Fsp3) is 0.0968. The van der Waals surface area contributed by atoms with E-state index in [0.717, 1.165) is 22.7 Å². The molecule has 0 bridgehead atoms. The maximum atomic E-state index is 11.3. The number of nitrogens with zero attached hydrogens (tertiary/aromatic N) is 3. The number of nitro benzene ring substituents is 1. The van der Waals surface area contributed by atoms with Crippen molar-refractivity contribution in [3.05, 3.63) is 136 Å². The van der Waals surface area contributed by atoms with E-state index in [9.17, 15) is 10.1 Å². The molecule has 5 aromatic rings. The molecule has 3 aromatic carbocycles. The van der Waals surface area contributed by atoms with E-state index in [2.05, 4.69) is 10.3 Å². The highest BCUT2D eigenvalue weighted by Gasteiger charge is 2.42. The molecule has 1 fully saturated rings. The van der Waals surface area contributed by atoms with Gasteiger partial charge >= 0.3 is 0 Å². The Labute approximate surface area is 236 Å². The Kier molecular flexibility index (Phi) is 6.71. The van der Waals surface area contributed by atoms with Crippen LogP contribution in [0, 0.1) is 17.0 Å². The summed E-state index contributed by atoms with van der Waals surface area (Å²) in [6.07, 6.45) is 1.74. The van der Waals surface area contributed by atoms with Crippen molar-refractivity contribution in [1.82, 2.24) is 10.3 Å². The highest BCUT2D eigenvalue weighted by Crippen LogP contribution is 2.43. The number of para-hydroxylation sites is 1. The van der Waals surface area contributed by atoms with Crippen molar-refractivity contribution in [3.63, 3.8) is 0 Å². The van der Waals surface area contributed by atoms with Crippen LogP contribution in [0.2, 0.25) is 0 Å². The number of non-ortho nitro benzene ring substituents is 1. The predicted molar refractivity (Wildman–Crippen MR) is 156 cm³/mol. The Morgan fingerprint density at radius 3 is 2.52 bits per heavy atom. The number of rotatable bonds is 7. The zero-order valence-electron chi connectivity index (χ0n) is 21.4. The third-order valence-corrected chi connectivity index (χ3v) is 7.11. The highest BCUT2D eigenvalue weighted by atomic mass is 32.1. The maximum absolute atomic E-state index is 11.3. The second-order valence-corrected chi connectivity index (χ2v) is 9.75. The molecule has 0 aliphatic carbocycles. The van der Waals surface area contributed by atoms with Gasteiger partial charge in [0.15, 0.2) is 5.11 Å². The summed E-state index contributed by atoms with van der Waals surface area (Å²) >= 11 is 5.82. The van der Waals surface area contributed by atoms with Gasteiger partial charge in [-0.3, -0.25) is 15.1 Å². The summed E-state index contributed by atoms with van der Waals surface area (Å²) in [5.41, 5.74) is 3.33. The summed E-state index contributed by atoms with van der Waals surface area (Å²) in [5, 5.41) is 15.3. The predicted octanol–water partition coefficient (Wildman–Crippen LogP) is 7.53. The molecule has 0 spiro atoms. The summed E-state index contributed by atoms with van der Waals surface area (Å²) in [5.74, 6) is 2.67. The van der Waals surface area contributed by atoms with Crippen molar-refractivity contribution in [1.29, 1.82) is 0 Å². The number of anilines is 1. The van der Waals surface area contributed by atoms with Crippen LogP contribution < -0.4 is 15.0 Å². The minimum atomic E-state index is -0.419. The molecule has 40 heavy (non-hydrogen) atoms. The maximum Gasteiger partial charge on any atom is 0.270 e. The molecule has 198 valence electrons. The first-order valence-electron chi connectivity index (χ1n) is 12.7. The van der Waals surface area contributed by atoms with E-state index in [1.54, 1.807) is 18.3 Å². The van der Waals surface area contributed by atoms with Gasteiger partial charge in [0, 0.05) is 29.6 Å². The van der Waals surface area contributed by atoms with E-state index >= 15 is 0 Å². The zero-order chi connectivity index (χ0) is 27.6. The monoisotopic (exact) mass is 548 g/mol. The first-order chi connectivity index (χ1) is 19.5. The molecule has 1 N–H and O–H groups in total. The normalized spacial score (nSPS) is 16.5. The Morgan fingerprint density at radius 1 is 0.975 bits per heavy atom. The fourth-order valence-electron chi connectivity index (χ4n) is 4.83. The molecular formula is C31H24N4O4S. The van der Waals surface area contributed by atoms with Crippen molar-refractivity contribution < 1.29 is 14.1 Å². The molecule has 0 amide bonds. The van der Waals surface area contributed by atoms with Crippen molar-refractivity contribution in [3.8, 4) is 22.8 Å². The van der Waals surface area contributed by atoms with E-state index in [1.807, 2.05) is 90.7 Å². The summed E-state index contributed by atoms with van der Waals surface area (Å²) < 4.78 is 12.4. The van der Waals surface area contributed by atoms with Crippen molar-refractivity contribution >= 4 is 28.7 Å². The Morgan fingerprint density at radius 2 is 1.77 bits per heavy atom. The standard InChI is InChI=1S/C31H24N4O4S/c1-20-7-2-3-11-26(20)38-24-14-12-22(13-15-24)34-30(29(33-31(34)40)25-10-4-5-18-32-25)28-17-16-27(39-28)21-8-6-9-23(19-21)35(36)37/h2-19,29-30H,1H3,(H,33,40). The van der Waals surface area contributed by atoms with Crippen molar-refractivity contribution in [2.45, 2.75) is 19.0 Å². The number of pyridine rings is 1. The minimum absolute atomic E-state index is 0.000143. The van der Waals surface area contributed by atoms with E-state index in [-0.39, 0.29) is 17.8 Å². The van der Waals surface area contributed by atoms with Gasteiger partial charge in [0.2, 0.25) is 0 Å². The number of aromatic nitrogens is 1.